The van der Waals surface area contributed by atoms with E-state index in [1.165, 1.54) is 12.8 Å². The van der Waals surface area contributed by atoms with Crippen molar-refractivity contribution in [1.29, 1.82) is 0 Å². The summed E-state index contributed by atoms with van der Waals surface area (Å²) < 4.78 is 5.44. The second-order valence-electron chi connectivity index (χ2n) is 5.17. The zero-order chi connectivity index (χ0) is 11.7. The van der Waals surface area contributed by atoms with Crippen LogP contribution in [0.15, 0.2) is 4.52 Å². The summed E-state index contributed by atoms with van der Waals surface area (Å²) in [6, 6.07) is 0.365. The van der Waals surface area contributed by atoms with Crippen LogP contribution in [0.3, 0.4) is 0 Å². The molecule has 5 heteroatoms. The second-order valence-corrected chi connectivity index (χ2v) is 5.17. The molecule has 5 nitrogen and oxygen atoms in total. The van der Waals surface area contributed by atoms with Crippen LogP contribution < -0.4 is 5.32 Å². The summed E-state index contributed by atoms with van der Waals surface area (Å²) in [5.41, 5.74) is 0. The van der Waals surface area contributed by atoms with E-state index in [9.17, 15) is 0 Å². The summed E-state index contributed by atoms with van der Waals surface area (Å²) in [6.45, 7) is 3.23. The molecule has 94 valence electrons. The van der Waals surface area contributed by atoms with E-state index in [-0.39, 0.29) is 0 Å². The third-order valence-corrected chi connectivity index (χ3v) is 3.92. The number of nitrogens with zero attached hydrogens (tertiary/aromatic N) is 3. The van der Waals surface area contributed by atoms with E-state index in [2.05, 4.69) is 27.4 Å². The Labute approximate surface area is 102 Å². The first-order chi connectivity index (χ1) is 8.34. The molecule has 2 atom stereocenters. The van der Waals surface area contributed by atoms with Gasteiger partial charge in [0.15, 0.2) is 5.82 Å². The molecule has 2 fully saturated rings. The van der Waals surface area contributed by atoms with Gasteiger partial charge in [0.25, 0.3) is 0 Å². The molecule has 0 aromatic carbocycles. The Morgan fingerprint density at radius 1 is 1.35 bits per heavy atom. The third kappa shape index (κ3) is 2.21. The van der Waals surface area contributed by atoms with Crippen LogP contribution >= 0.6 is 0 Å². The van der Waals surface area contributed by atoms with Gasteiger partial charge in [-0.2, -0.15) is 4.98 Å². The van der Waals surface area contributed by atoms with Crippen LogP contribution in [0.25, 0.3) is 0 Å². The standard InChI is InChI=1S/C12H20N4O/c1-16-7-3-5-10(16)11-14-12(17-15-11)9-4-2-6-13-8-9/h9-10,13H,2-8H2,1H3. The van der Waals surface area contributed by atoms with Crippen molar-refractivity contribution in [3.05, 3.63) is 11.7 Å². The number of nitrogens with one attached hydrogen (secondary N) is 1. The Hall–Kier alpha value is -0.940. The number of rotatable bonds is 2. The lowest BCUT2D eigenvalue weighted by atomic mass is 10.00. The predicted molar refractivity (Wildman–Crippen MR) is 63.7 cm³/mol. The summed E-state index contributed by atoms with van der Waals surface area (Å²) >= 11 is 0. The normalized spacial score (nSPS) is 30.9. The molecule has 0 spiro atoms. The maximum absolute atomic E-state index is 5.44. The molecule has 0 amide bonds. The van der Waals surface area contributed by atoms with Crippen LogP contribution in [0.5, 0.6) is 0 Å². The van der Waals surface area contributed by atoms with E-state index < -0.39 is 0 Å². The molecule has 17 heavy (non-hydrogen) atoms. The topological polar surface area (TPSA) is 54.2 Å². The molecule has 2 saturated heterocycles. The summed E-state index contributed by atoms with van der Waals surface area (Å²) in [7, 11) is 2.13. The van der Waals surface area contributed by atoms with Crippen LogP contribution in [0.4, 0.5) is 0 Å². The highest BCUT2D eigenvalue weighted by molar-refractivity contribution is 5.01. The number of likely N-dealkylation sites (tertiary alicyclic amines) is 1. The van der Waals surface area contributed by atoms with Crippen molar-refractivity contribution in [3.63, 3.8) is 0 Å². The lowest BCUT2D eigenvalue weighted by Gasteiger charge is -2.19. The van der Waals surface area contributed by atoms with Gasteiger partial charge >= 0.3 is 0 Å². The molecular weight excluding hydrogens is 216 g/mol. The molecular formula is C12H20N4O. The second kappa shape index (κ2) is 4.74. The van der Waals surface area contributed by atoms with E-state index in [0.717, 1.165) is 44.2 Å². The molecule has 1 aromatic heterocycles. The molecule has 0 radical (unpaired) electrons. The van der Waals surface area contributed by atoms with Crippen molar-refractivity contribution in [2.45, 2.75) is 37.6 Å². The average Bonchev–Trinajstić information content (AvgIpc) is 2.98. The van der Waals surface area contributed by atoms with E-state index in [1.807, 2.05) is 0 Å². The number of aromatic nitrogens is 2. The molecule has 2 aliphatic heterocycles. The van der Waals surface area contributed by atoms with Crippen molar-refractivity contribution < 1.29 is 4.52 Å². The molecule has 0 aliphatic carbocycles. The van der Waals surface area contributed by atoms with Gasteiger partial charge < -0.3 is 9.84 Å². The number of piperidine rings is 1. The highest BCUT2D eigenvalue weighted by atomic mass is 16.5. The van der Waals surface area contributed by atoms with Gasteiger partial charge in [0, 0.05) is 6.54 Å². The maximum atomic E-state index is 5.44. The van der Waals surface area contributed by atoms with Crippen molar-refractivity contribution >= 4 is 0 Å². The zero-order valence-corrected chi connectivity index (χ0v) is 10.4. The van der Waals surface area contributed by atoms with Crippen LogP contribution in [0.1, 0.15) is 49.4 Å². The first-order valence-electron chi connectivity index (χ1n) is 6.59. The minimum atomic E-state index is 0.365. The summed E-state index contributed by atoms with van der Waals surface area (Å²) in [6.07, 6.45) is 4.75. The molecule has 2 unspecified atom stereocenters. The first-order valence-corrected chi connectivity index (χ1v) is 6.59. The van der Waals surface area contributed by atoms with Gasteiger partial charge in [-0.05, 0) is 45.8 Å². The van der Waals surface area contributed by atoms with E-state index in [4.69, 9.17) is 4.52 Å². The Morgan fingerprint density at radius 3 is 3.00 bits per heavy atom. The number of hydrogen-bond acceptors (Lipinski definition) is 5. The molecule has 1 aromatic rings. The summed E-state index contributed by atoms with van der Waals surface area (Å²) in [5.74, 6) is 2.12. The smallest absolute Gasteiger partial charge is 0.231 e. The van der Waals surface area contributed by atoms with Crippen LogP contribution in [0.2, 0.25) is 0 Å². The fourth-order valence-electron chi connectivity index (χ4n) is 2.85. The van der Waals surface area contributed by atoms with Crippen molar-refractivity contribution in [2.24, 2.45) is 0 Å². The largest absolute Gasteiger partial charge is 0.339 e. The van der Waals surface area contributed by atoms with E-state index in [0.29, 0.717) is 12.0 Å². The van der Waals surface area contributed by atoms with Crippen LogP contribution in [-0.4, -0.2) is 41.7 Å². The fraction of sp³-hybridized carbons (Fsp3) is 0.833. The minimum Gasteiger partial charge on any atom is -0.339 e. The van der Waals surface area contributed by atoms with Gasteiger partial charge in [0.2, 0.25) is 5.89 Å². The van der Waals surface area contributed by atoms with Gasteiger partial charge in [-0.3, -0.25) is 4.90 Å². The fourth-order valence-corrected chi connectivity index (χ4v) is 2.85. The van der Waals surface area contributed by atoms with Crippen molar-refractivity contribution in [3.8, 4) is 0 Å². The maximum Gasteiger partial charge on any atom is 0.231 e. The Kier molecular flexibility index (Phi) is 3.11. The molecule has 3 rings (SSSR count). The molecule has 3 heterocycles. The zero-order valence-electron chi connectivity index (χ0n) is 10.4. The highest BCUT2D eigenvalue weighted by Gasteiger charge is 2.29. The highest BCUT2D eigenvalue weighted by Crippen LogP contribution is 2.30. The Bertz CT molecular complexity index is 372. The first kappa shape index (κ1) is 11.2. The van der Waals surface area contributed by atoms with Gasteiger partial charge in [0.05, 0.1) is 12.0 Å². The monoisotopic (exact) mass is 236 g/mol. The molecule has 2 aliphatic rings. The summed E-state index contributed by atoms with van der Waals surface area (Å²) in [5, 5.41) is 7.55. The Morgan fingerprint density at radius 2 is 2.29 bits per heavy atom. The third-order valence-electron chi connectivity index (χ3n) is 3.92. The van der Waals surface area contributed by atoms with Gasteiger partial charge in [-0.15, -0.1) is 0 Å². The predicted octanol–water partition coefficient (Wildman–Crippen LogP) is 1.30. The Balaban J connectivity index is 1.73. The van der Waals surface area contributed by atoms with Crippen LogP contribution in [-0.2, 0) is 0 Å². The minimum absolute atomic E-state index is 0.365. The van der Waals surface area contributed by atoms with Crippen molar-refractivity contribution in [1.82, 2.24) is 20.4 Å². The summed E-state index contributed by atoms with van der Waals surface area (Å²) in [4.78, 5) is 6.92. The molecule has 1 N–H and O–H groups in total. The number of hydrogen-bond donors (Lipinski definition) is 1. The van der Waals surface area contributed by atoms with Gasteiger partial charge in [-0.25, -0.2) is 0 Å². The van der Waals surface area contributed by atoms with E-state index >= 15 is 0 Å². The molecule has 0 bridgehead atoms. The molecule has 0 saturated carbocycles. The lowest BCUT2D eigenvalue weighted by Crippen LogP contribution is -2.28. The SMILES string of the molecule is CN1CCCC1c1noc(C2CCCNC2)n1. The van der Waals surface area contributed by atoms with E-state index in [1.54, 1.807) is 0 Å². The van der Waals surface area contributed by atoms with Gasteiger partial charge in [-0.1, -0.05) is 5.16 Å². The lowest BCUT2D eigenvalue weighted by molar-refractivity contribution is 0.286. The van der Waals surface area contributed by atoms with Crippen molar-refractivity contribution in [2.75, 3.05) is 26.7 Å². The quantitative estimate of drug-likeness (QED) is 0.839. The van der Waals surface area contributed by atoms with Gasteiger partial charge in [0.1, 0.15) is 0 Å². The van der Waals surface area contributed by atoms with Crippen LogP contribution in [0, 0.1) is 0 Å². The average molecular weight is 236 g/mol.